The predicted octanol–water partition coefficient (Wildman–Crippen LogP) is 2.39. The third-order valence-electron chi connectivity index (χ3n) is 3.62. The van der Waals surface area contributed by atoms with Crippen molar-refractivity contribution in [2.75, 3.05) is 24.1 Å². The van der Waals surface area contributed by atoms with Gasteiger partial charge in [0.25, 0.3) is 0 Å². The first-order valence-corrected chi connectivity index (χ1v) is 6.99. The third-order valence-corrected chi connectivity index (χ3v) is 3.62. The topological polar surface area (TPSA) is 58.4 Å². The highest BCUT2D eigenvalue weighted by molar-refractivity contribution is 5.85. The number of carbonyl (C=O) groups is 1. The number of amides is 1. The summed E-state index contributed by atoms with van der Waals surface area (Å²) in [4.78, 5) is 14.3. The van der Waals surface area contributed by atoms with E-state index in [-0.39, 0.29) is 11.9 Å². The molecule has 0 aliphatic carbocycles. The summed E-state index contributed by atoms with van der Waals surface area (Å²) in [6, 6.07) is 5.59. The number of nitrogens with zero attached hydrogens (tertiary/aromatic N) is 1. The van der Waals surface area contributed by atoms with E-state index in [1.54, 1.807) is 0 Å². The molecule has 0 spiro atoms. The van der Waals surface area contributed by atoms with E-state index in [2.05, 4.69) is 5.32 Å². The van der Waals surface area contributed by atoms with Gasteiger partial charge >= 0.3 is 0 Å². The maximum absolute atomic E-state index is 12.3. The Labute approximate surface area is 115 Å². The average Bonchev–Trinajstić information content (AvgIpc) is 2.43. The number of nitrogen functional groups attached to an aromatic ring is 1. The number of nitrogens with two attached hydrogens (primary N) is 1. The van der Waals surface area contributed by atoms with Gasteiger partial charge in [-0.3, -0.25) is 4.79 Å². The molecule has 1 aliphatic heterocycles. The van der Waals surface area contributed by atoms with Gasteiger partial charge in [-0.15, -0.1) is 0 Å². The first-order chi connectivity index (χ1) is 9.08. The van der Waals surface area contributed by atoms with Gasteiger partial charge in [-0.05, 0) is 50.8 Å². The normalized spacial score (nSPS) is 17.1. The summed E-state index contributed by atoms with van der Waals surface area (Å²) in [6.45, 7) is 5.68. The minimum absolute atomic E-state index is 0.167. The number of likely N-dealkylation sites (tertiary alicyclic amines) is 1. The summed E-state index contributed by atoms with van der Waals surface area (Å²) in [5.74, 6) is 0.167. The van der Waals surface area contributed by atoms with Crippen molar-refractivity contribution in [2.24, 2.45) is 0 Å². The van der Waals surface area contributed by atoms with Gasteiger partial charge < -0.3 is 16.0 Å². The number of hydrogen-bond acceptors (Lipinski definition) is 3. The number of nitrogens with one attached hydrogen (secondary N) is 1. The molecule has 1 aromatic rings. The number of carbonyl (C=O) groups excluding carboxylic acids is 1. The number of piperidine rings is 1. The molecule has 1 atom stereocenters. The van der Waals surface area contributed by atoms with Crippen LogP contribution in [-0.4, -0.2) is 29.9 Å². The summed E-state index contributed by atoms with van der Waals surface area (Å²) < 4.78 is 0. The lowest BCUT2D eigenvalue weighted by atomic mass is 10.1. The van der Waals surface area contributed by atoms with Crippen molar-refractivity contribution in [3.8, 4) is 0 Å². The van der Waals surface area contributed by atoms with Gasteiger partial charge in [0.05, 0.1) is 11.4 Å². The summed E-state index contributed by atoms with van der Waals surface area (Å²) in [5, 5.41) is 3.23. The van der Waals surface area contributed by atoms with Crippen LogP contribution in [0.2, 0.25) is 0 Å². The van der Waals surface area contributed by atoms with Crippen LogP contribution in [0.25, 0.3) is 0 Å². The average molecular weight is 261 g/mol. The Morgan fingerprint density at radius 3 is 2.68 bits per heavy atom. The summed E-state index contributed by atoms with van der Waals surface area (Å²) in [6.07, 6.45) is 3.46. The van der Waals surface area contributed by atoms with Crippen LogP contribution in [-0.2, 0) is 4.79 Å². The van der Waals surface area contributed by atoms with Gasteiger partial charge in [-0.25, -0.2) is 0 Å². The molecule has 4 nitrogen and oxygen atoms in total. The highest BCUT2D eigenvalue weighted by atomic mass is 16.2. The van der Waals surface area contributed by atoms with E-state index in [4.69, 9.17) is 5.73 Å². The zero-order valence-corrected chi connectivity index (χ0v) is 11.8. The molecule has 0 bridgehead atoms. The number of hydrogen-bond donors (Lipinski definition) is 2. The van der Waals surface area contributed by atoms with Crippen LogP contribution in [0.5, 0.6) is 0 Å². The lowest BCUT2D eigenvalue weighted by Gasteiger charge is -2.30. The highest BCUT2D eigenvalue weighted by Crippen LogP contribution is 2.21. The third kappa shape index (κ3) is 3.40. The van der Waals surface area contributed by atoms with E-state index in [0.717, 1.165) is 37.2 Å². The van der Waals surface area contributed by atoms with Gasteiger partial charge in [-0.1, -0.05) is 6.07 Å². The number of anilines is 2. The molecule has 3 N–H and O–H groups in total. The lowest BCUT2D eigenvalue weighted by molar-refractivity contribution is -0.132. The summed E-state index contributed by atoms with van der Waals surface area (Å²) >= 11 is 0. The van der Waals surface area contributed by atoms with Gasteiger partial charge in [0, 0.05) is 13.1 Å². The Balaban J connectivity index is 2.01. The van der Waals surface area contributed by atoms with Crippen LogP contribution in [0.1, 0.15) is 31.7 Å². The van der Waals surface area contributed by atoms with Crippen molar-refractivity contribution in [2.45, 2.75) is 39.2 Å². The van der Waals surface area contributed by atoms with Crippen molar-refractivity contribution >= 4 is 17.3 Å². The Morgan fingerprint density at radius 2 is 2.00 bits per heavy atom. The molecule has 1 amide bonds. The first kappa shape index (κ1) is 13.7. The second kappa shape index (κ2) is 5.95. The molecule has 19 heavy (non-hydrogen) atoms. The van der Waals surface area contributed by atoms with Crippen molar-refractivity contribution in [1.29, 1.82) is 0 Å². The molecule has 1 unspecified atom stereocenters. The van der Waals surface area contributed by atoms with Gasteiger partial charge in [0.2, 0.25) is 5.91 Å². The zero-order chi connectivity index (χ0) is 13.8. The SMILES string of the molecule is Cc1ccc(N)c(NC(C)C(=O)N2CCCCC2)c1. The minimum Gasteiger partial charge on any atom is -0.397 e. The molecule has 1 heterocycles. The van der Waals surface area contributed by atoms with Crippen LogP contribution < -0.4 is 11.1 Å². The van der Waals surface area contributed by atoms with Crippen LogP contribution in [0.4, 0.5) is 11.4 Å². The molecular weight excluding hydrogens is 238 g/mol. The lowest BCUT2D eigenvalue weighted by Crippen LogP contribution is -2.43. The molecular formula is C15H23N3O. The fraction of sp³-hybridized carbons (Fsp3) is 0.533. The standard InChI is InChI=1S/C15H23N3O/c1-11-6-7-13(16)14(10-11)17-12(2)15(19)18-8-4-3-5-9-18/h6-7,10,12,17H,3-5,8-9,16H2,1-2H3. The van der Waals surface area contributed by atoms with E-state index in [9.17, 15) is 4.79 Å². The predicted molar refractivity (Wildman–Crippen MR) is 79.1 cm³/mol. The smallest absolute Gasteiger partial charge is 0.244 e. The van der Waals surface area contributed by atoms with E-state index in [1.165, 1.54) is 6.42 Å². The van der Waals surface area contributed by atoms with Crippen molar-refractivity contribution in [1.82, 2.24) is 4.90 Å². The van der Waals surface area contributed by atoms with E-state index in [1.807, 2.05) is 36.9 Å². The molecule has 1 aliphatic rings. The maximum atomic E-state index is 12.3. The van der Waals surface area contributed by atoms with E-state index < -0.39 is 0 Å². The molecule has 0 aromatic heterocycles. The Bertz CT molecular complexity index is 453. The van der Waals surface area contributed by atoms with Crippen molar-refractivity contribution in [3.63, 3.8) is 0 Å². The number of aryl methyl sites for hydroxylation is 1. The molecule has 1 fully saturated rings. The second-order valence-corrected chi connectivity index (χ2v) is 5.34. The van der Waals surface area contributed by atoms with Crippen LogP contribution >= 0.6 is 0 Å². The zero-order valence-electron chi connectivity index (χ0n) is 11.8. The quantitative estimate of drug-likeness (QED) is 0.821. The van der Waals surface area contributed by atoms with E-state index >= 15 is 0 Å². The first-order valence-electron chi connectivity index (χ1n) is 6.99. The molecule has 104 valence electrons. The molecule has 2 rings (SSSR count). The van der Waals surface area contributed by atoms with Crippen LogP contribution in [0.3, 0.4) is 0 Å². The maximum Gasteiger partial charge on any atom is 0.244 e. The fourth-order valence-corrected chi connectivity index (χ4v) is 2.48. The Kier molecular flexibility index (Phi) is 4.30. The van der Waals surface area contributed by atoms with Gasteiger partial charge in [0.15, 0.2) is 0 Å². The van der Waals surface area contributed by atoms with Crippen molar-refractivity contribution < 1.29 is 4.79 Å². The summed E-state index contributed by atoms with van der Waals surface area (Å²) in [7, 11) is 0. The minimum atomic E-state index is -0.234. The fourth-order valence-electron chi connectivity index (χ4n) is 2.48. The number of benzene rings is 1. The Morgan fingerprint density at radius 1 is 1.32 bits per heavy atom. The second-order valence-electron chi connectivity index (χ2n) is 5.34. The summed E-state index contributed by atoms with van der Waals surface area (Å²) in [5.41, 5.74) is 8.59. The molecule has 1 saturated heterocycles. The molecule has 0 saturated carbocycles. The number of rotatable bonds is 3. The largest absolute Gasteiger partial charge is 0.397 e. The molecule has 1 aromatic carbocycles. The highest BCUT2D eigenvalue weighted by Gasteiger charge is 2.22. The van der Waals surface area contributed by atoms with Crippen LogP contribution in [0.15, 0.2) is 18.2 Å². The van der Waals surface area contributed by atoms with Crippen LogP contribution in [0, 0.1) is 6.92 Å². The van der Waals surface area contributed by atoms with E-state index in [0.29, 0.717) is 5.69 Å². The molecule has 4 heteroatoms. The monoisotopic (exact) mass is 261 g/mol. The van der Waals surface area contributed by atoms with Crippen molar-refractivity contribution in [3.05, 3.63) is 23.8 Å². The van der Waals surface area contributed by atoms with Gasteiger partial charge in [-0.2, -0.15) is 0 Å². The Hall–Kier alpha value is -1.71. The molecule has 0 radical (unpaired) electrons. The van der Waals surface area contributed by atoms with Gasteiger partial charge in [0.1, 0.15) is 6.04 Å².